The second-order valence-electron chi connectivity index (χ2n) is 4.59. The fourth-order valence-electron chi connectivity index (χ4n) is 1.58. The molecular formula is C11H16N2O2S3. The van der Waals surface area contributed by atoms with Crippen molar-refractivity contribution in [1.82, 2.24) is 5.32 Å². The molecule has 3 N–H and O–H groups in total. The van der Waals surface area contributed by atoms with Crippen molar-refractivity contribution in [1.29, 1.82) is 0 Å². The van der Waals surface area contributed by atoms with Crippen LogP contribution < -0.4 is 10.5 Å². The van der Waals surface area contributed by atoms with Gasteiger partial charge in [0.2, 0.25) is 10.0 Å². The predicted octanol–water partition coefficient (Wildman–Crippen LogP) is 2.36. The van der Waals surface area contributed by atoms with Crippen molar-refractivity contribution >= 4 is 42.1 Å². The summed E-state index contributed by atoms with van der Waals surface area (Å²) in [4.78, 5) is 1.22. The van der Waals surface area contributed by atoms with E-state index in [-0.39, 0.29) is 4.21 Å². The van der Waals surface area contributed by atoms with Gasteiger partial charge >= 0.3 is 0 Å². The maximum absolute atomic E-state index is 11.2. The zero-order valence-corrected chi connectivity index (χ0v) is 12.7. The highest BCUT2D eigenvalue weighted by atomic mass is 32.2. The van der Waals surface area contributed by atoms with Crippen LogP contribution in [0.15, 0.2) is 16.3 Å². The molecule has 0 aliphatic heterocycles. The maximum Gasteiger partial charge on any atom is 0.247 e. The Labute approximate surface area is 115 Å². The van der Waals surface area contributed by atoms with Gasteiger partial charge in [0.15, 0.2) is 0 Å². The summed E-state index contributed by atoms with van der Waals surface area (Å²) in [6, 6.07) is 3.68. The summed E-state index contributed by atoms with van der Waals surface area (Å²) in [7, 11) is -3.57. The lowest BCUT2D eigenvalue weighted by molar-refractivity contribution is 0.555. The number of thiophene rings is 2. The summed E-state index contributed by atoms with van der Waals surface area (Å²) in [6.07, 6.45) is 0. The molecule has 0 spiro atoms. The van der Waals surface area contributed by atoms with Gasteiger partial charge < -0.3 is 5.32 Å². The minimum Gasteiger partial charge on any atom is -0.312 e. The van der Waals surface area contributed by atoms with Crippen LogP contribution in [0.3, 0.4) is 0 Å². The summed E-state index contributed by atoms with van der Waals surface area (Å²) in [5, 5.41) is 9.44. The summed E-state index contributed by atoms with van der Waals surface area (Å²) in [5.74, 6) is 0.625. The normalized spacial score (nSPS) is 12.7. The smallest absolute Gasteiger partial charge is 0.247 e. The minimum absolute atomic E-state index is 0.241. The van der Waals surface area contributed by atoms with Crippen LogP contribution >= 0.6 is 22.7 Å². The Morgan fingerprint density at radius 3 is 2.61 bits per heavy atom. The Hall–Kier alpha value is -0.470. The van der Waals surface area contributed by atoms with Crippen molar-refractivity contribution < 1.29 is 8.42 Å². The molecule has 18 heavy (non-hydrogen) atoms. The van der Waals surface area contributed by atoms with Crippen LogP contribution in [0.5, 0.6) is 0 Å². The van der Waals surface area contributed by atoms with Gasteiger partial charge in [-0.3, -0.25) is 0 Å². The quantitative estimate of drug-likeness (QED) is 0.890. The number of nitrogens with two attached hydrogens (primary N) is 1. The number of fused-ring (bicyclic) bond motifs is 1. The molecule has 2 rings (SSSR count). The molecule has 0 unspecified atom stereocenters. The maximum atomic E-state index is 11.2. The number of hydrogen-bond donors (Lipinski definition) is 2. The summed E-state index contributed by atoms with van der Waals surface area (Å²) < 4.78 is 23.7. The summed E-state index contributed by atoms with van der Waals surface area (Å²) in [6.45, 7) is 6.14. The van der Waals surface area contributed by atoms with Crippen molar-refractivity contribution in [2.24, 2.45) is 11.1 Å². The zero-order chi connectivity index (χ0) is 13.3. The molecule has 0 radical (unpaired) electrons. The van der Waals surface area contributed by atoms with Crippen LogP contribution in [0, 0.1) is 5.92 Å². The molecule has 2 aromatic rings. The lowest BCUT2D eigenvalue weighted by Crippen LogP contribution is -2.18. The van der Waals surface area contributed by atoms with E-state index in [0.29, 0.717) is 5.92 Å². The second-order valence-corrected chi connectivity index (χ2v) is 8.83. The SMILES string of the molecule is CC(C)CNCc1cc2cc(S(N)(=O)=O)sc2s1. The molecule has 7 heteroatoms. The Morgan fingerprint density at radius 1 is 1.33 bits per heavy atom. The first-order chi connectivity index (χ1) is 8.36. The summed E-state index contributed by atoms with van der Waals surface area (Å²) in [5.41, 5.74) is 0. The van der Waals surface area contributed by atoms with Crippen LogP contribution in [0.4, 0.5) is 0 Å². The van der Waals surface area contributed by atoms with Crippen molar-refractivity contribution in [3.05, 3.63) is 17.0 Å². The van der Waals surface area contributed by atoms with E-state index < -0.39 is 10.0 Å². The first kappa shape index (κ1) is 14.0. The van der Waals surface area contributed by atoms with Crippen LogP contribution in [0.2, 0.25) is 0 Å². The van der Waals surface area contributed by atoms with E-state index in [1.165, 1.54) is 16.2 Å². The van der Waals surface area contributed by atoms with Crippen LogP contribution in [-0.4, -0.2) is 15.0 Å². The van der Waals surface area contributed by atoms with Crippen molar-refractivity contribution in [3.63, 3.8) is 0 Å². The van der Waals surface area contributed by atoms with Crippen LogP contribution in [0.25, 0.3) is 9.40 Å². The van der Waals surface area contributed by atoms with Crippen molar-refractivity contribution in [2.45, 2.75) is 24.6 Å². The van der Waals surface area contributed by atoms with Gasteiger partial charge in [-0.2, -0.15) is 0 Å². The topological polar surface area (TPSA) is 72.2 Å². The fourth-order valence-corrected chi connectivity index (χ4v) is 4.94. The van der Waals surface area contributed by atoms with Gasteiger partial charge in [-0.15, -0.1) is 22.7 Å². The standard InChI is InChI=1S/C11H16N2O2S3/c1-7(2)5-13-6-9-3-8-4-10(18(12,14)15)17-11(8)16-9/h3-4,7,13H,5-6H2,1-2H3,(H2,12,14,15). The van der Waals surface area contributed by atoms with E-state index >= 15 is 0 Å². The van der Waals surface area contributed by atoms with Gasteiger partial charge in [0.05, 0.1) is 4.01 Å². The molecule has 0 saturated heterocycles. The zero-order valence-electron chi connectivity index (χ0n) is 10.3. The molecule has 100 valence electrons. The van der Waals surface area contributed by atoms with Gasteiger partial charge in [0, 0.05) is 16.8 Å². The first-order valence-corrected chi connectivity index (χ1v) is 8.80. The molecule has 2 heterocycles. The number of rotatable bonds is 5. The number of primary sulfonamides is 1. The largest absolute Gasteiger partial charge is 0.312 e. The highest BCUT2D eigenvalue weighted by Gasteiger charge is 2.14. The number of nitrogens with one attached hydrogen (secondary N) is 1. The van der Waals surface area contributed by atoms with E-state index in [2.05, 4.69) is 19.2 Å². The van der Waals surface area contributed by atoms with E-state index in [1.54, 1.807) is 17.4 Å². The van der Waals surface area contributed by atoms with Gasteiger partial charge in [-0.05, 0) is 24.6 Å². The molecule has 0 aromatic carbocycles. The molecule has 2 aromatic heterocycles. The van der Waals surface area contributed by atoms with Gasteiger partial charge in [-0.25, -0.2) is 13.6 Å². The molecular weight excluding hydrogens is 288 g/mol. The Bertz CT molecular complexity index is 609. The molecule has 4 nitrogen and oxygen atoms in total. The third kappa shape index (κ3) is 3.30. The van der Waals surface area contributed by atoms with Crippen LogP contribution in [-0.2, 0) is 16.6 Å². The Morgan fingerprint density at radius 2 is 2.06 bits per heavy atom. The lowest BCUT2D eigenvalue weighted by Gasteiger charge is -2.04. The average molecular weight is 304 g/mol. The number of hydrogen-bond acceptors (Lipinski definition) is 5. The monoisotopic (exact) mass is 304 g/mol. The molecule has 0 bridgehead atoms. The average Bonchev–Trinajstić information content (AvgIpc) is 2.72. The van der Waals surface area contributed by atoms with Gasteiger partial charge in [0.25, 0.3) is 0 Å². The van der Waals surface area contributed by atoms with E-state index in [9.17, 15) is 8.42 Å². The highest BCUT2D eigenvalue weighted by molar-refractivity contribution is 7.91. The number of sulfonamides is 1. The second kappa shape index (κ2) is 5.26. The lowest BCUT2D eigenvalue weighted by atomic mass is 10.2. The van der Waals surface area contributed by atoms with Crippen LogP contribution in [0.1, 0.15) is 18.7 Å². The van der Waals surface area contributed by atoms with Gasteiger partial charge in [0.1, 0.15) is 4.21 Å². The fraction of sp³-hybridized carbons (Fsp3) is 0.455. The molecule has 0 amide bonds. The van der Waals surface area contributed by atoms with E-state index in [1.807, 2.05) is 6.07 Å². The molecule has 0 atom stereocenters. The van der Waals surface area contributed by atoms with Crippen molar-refractivity contribution in [2.75, 3.05) is 6.54 Å². The first-order valence-electron chi connectivity index (χ1n) is 5.62. The van der Waals surface area contributed by atoms with E-state index in [0.717, 1.165) is 22.5 Å². The summed E-state index contributed by atoms with van der Waals surface area (Å²) >= 11 is 2.86. The van der Waals surface area contributed by atoms with Crippen molar-refractivity contribution in [3.8, 4) is 0 Å². The third-order valence-electron chi connectivity index (χ3n) is 2.37. The van der Waals surface area contributed by atoms with E-state index in [4.69, 9.17) is 5.14 Å². The highest BCUT2D eigenvalue weighted by Crippen LogP contribution is 2.35. The van der Waals surface area contributed by atoms with Gasteiger partial charge in [-0.1, -0.05) is 13.8 Å². The molecule has 0 aliphatic carbocycles. The molecule has 0 aliphatic rings. The predicted molar refractivity (Wildman–Crippen MR) is 77.6 cm³/mol. The Balaban J connectivity index is 2.13. The minimum atomic E-state index is -3.57. The molecule has 0 fully saturated rings. The Kier molecular flexibility index (Phi) is 4.08. The third-order valence-corrected chi connectivity index (χ3v) is 6.19. The molecule has 0 saturated carbocycles.